The van der Waals surface area contributed by atoms with Crippen LogP contribution in [0.15, 0.2) is 6.20 Å². The molecule has 1 fully saturated rings. The van der Waals surface area contributed by atoms with Gasteiger partial charge in [0.05, 0.1) is 12.6 Å². The highest BCUT2D eigenvalue weighted by Gasteiger charge is 2.26. The molecule has 3 heterocycles. The molecule has 3 rings (SSSR count). The molecule has 0 radical (unpaired) electrons. The topological polar surface area (TPSA) is 108 Å². The Bertz CT molecular complexity index is 722. The number of aryl methyl sites for hydroxylation is 1. The van der Waals surface area contributed by atoms with Gasteiger partial charge in [0.15, 0.2) is 5.69 Å². The summed E-state index contributed by atoms with van der Waals surface area (Å²) >= 11 is 1.45. The lowest BCUT2D eigenvalue weighted by atomic mass is 9.96. The molecule has 0 spiro atoms. The largest absolute Gasteiger partial charge is 0.345 e. The van der Waals surface area contributed by atoms with E-state index in [-0.39, 0.29) is 11.8 Å². The van der Waals surface area contributed by atoms with Crippen LogP contribution in [0.2, 0.25) is 0 Å². The van der Waals surface area contributed by atoms with E-state index in [9.17, 15) is 9.59 Å². The minimum atomic E-state index is -0.0942. The van der Waals surface area contributed by atoms with Crippen LogP contribution in [-0.4, -0.2) is 73.9 Å². The number of carbonyl (C=O) groups is 2. The molecule has 9 nitrogen and oxygen atoms in total. The minimum absolute atomic E-state index is 0.0530. The van der Waals surface area contributed by atoms with Crippen LogP contribution < -0.4 is 0 Å². The molecular formula is C15H21N7O2S. The van der Waals surface area contributed by atoms with E-state index in [1.807, 2.05) is 14.0 Å². The molecule has 25 heavy (non-hydrogen) atoms. The van der Waals surface area contributed by atoms with Gasteiger partial charge in [-0.2, -0.15) is 15.4 Å². The van der Waals surface area contributed by atoms with Gasteiger partial charge in [-0.3, -0.25) is 9.59 Å². The smallest absolute Gasteiger partial charge is 0.276 e. The third-order valence-corrected chi connectivity index (χ3v) is 5.20. The quantitative estimate of drug-likeness (QED) is 0.830. The van der Waals surface area contributed by atoms with Gasteiger partial charge in [0.2, 0.25) is 5.91 Å². The first-order valence-corrected chi connectivity index (χ1v) is 9.02. The summed E-state index contributed by atoms with van der Waals surface area (Å²) in [6.07, 6.45) is 3.49. The summed E-state index contributed by atoms with van der Waals surface area (Å²) in [7, 11) is 1.82. The first kappa shape index (κ1) is 17.5. The van der Waals surface area contributed by atoms with Gasteiger partial charge in [-0.15, -0.1) is 21.5 Å². The highest BCUT2D eigenvalue weighted by Crippen LogP contribution is 2.20. The zero-order valence-corrected chi connectivity index (χ0v) is 15.1. The number of piperidine rings is 1. The first-order valence-electron chi connectivity index (χ1n) is 8.21. The summed E-state index contributed by atoms with van der Waals surface area (Å²) in [6, 6.07) is 0. The van der Waals surface area contributed by atoms with Crippen LogP contribution in [0, 0.1) is 12.8 Å². The molecule has 1 saturated heterocycles. The molecule has 0 saturated carbocycles. The summed E-state index contributed by atoms with van der Waals surface area (Å²) in [5.74, 6) is 0.354. The monoisotopic (exact) mass is 363 g/mol. The molecule has 10 heteroatoms. The Kier molecular flexibility index (Phi) is 5.37. The van der Waals surface area contributed by atoms with Gasteiger partial charge in [0.1, 0.15) is 10.0 Å². The van der Waals surface area contributed by atoms with E-state index in [1.54, 1.807) is 9.80 Å². The van der Waals surface area contributed by atoms with Crippen LogP contribution in [0.4, 0.5) is 0 Å². The molecule has 0 bridgehead atoms. The Balaban J connectivity index is 1.45. The second-order valence-corrected chi connectivity index (χ2v) is 7.52. The molecule has 1 aliphatic heterocycles. The van der Waals surface area contributed by atoms with Crippen LogP contribution in [-0.2, 0) is 11.2 Å². The Morgan fingerprint density at radius 2 is 2.12 bits per heavy atom. The summed E-state index contributed by atoms with van der Waals surface area (Å²) in [5, 5.41) is 19.5. The van der Waals surface area contributed by atoms with Crippen LogP contribution >= 0.6 is 11.3 Å². The van der Waals surface area contributed by atoms with Crippen molar-refractivity contribution < 1.29 is 9.59 Å². The number of likely N-dealkylation sites (tertiary alicyclic amines) is 1. The maximum atomic E-state index is 12.3. The summed E-state index contributed by atoms with van der Waals surface area (Å²) in [5.41, 5.74) is 0.345. The van der Waals surface area contributed by atoms with Crippen molar-refractivity contribution in [3.05, 3.63) is 21.9 Å². The van der Waals surface area contributed by atoms with Crippen molar-refractivity contribution in [2.24, 2.45) is 5.92 Å². The van der Waals surface area contributed by atoms with E-state index in [1.165, 1.54) is 17.5 Å². The molecule has 2 aromatic heterocycles. The second-order valence-electron chi connectivity index (χ2n) is 6.26. The highest BCUT2D eigenvalue weighted by molar-refractivity contribution is 7.11. The average Bonchev–Trinajstić information content (AvgIpc) is 3.27. The maximum Gasteiger partial charge on any atom is 0.276 e. The Hall–Kier alpha value is -2.36. The lowest BCUT2D eigenvalue weighted by molar-refractivity contribution is -0.129. The van der Waals surface area contributed by atoms with Crippen LogP contribution in [0.3, 0.4) is 0 Å². The van der Waals surface area contributed by atoms with Crippen molar-refractivity contribution in [1.29, 1.82) is 0 Å². The van der Waals surface area contributed by atoms with Gasteiger partial charge < -0.3 is 9.80 Å². The van der Waals surface area contributed by atoms with E-state index < -0.39 is 0 Å². The molecule has 134 valence electrons. The van der Waals surface area contributed by atoms with E-state index in [0.717, 1.165) is 22.9 Å². The van der Waals surface area contributed by atoms with E-state index in [2.05, 4.69) is 25.6 Å². The summed E-state index contributed by atoms with van der Waals surface area (Å²) in [4.78, 5) is 28.1. The van der Waals surface area contributed by atoms with Gasteiger partial charge in [-0.1, -0.05) is 0 Å². The van der Waals surface area contributed by atoms with Crippen LogP contribution in [0.25, 0.3) is 0 Å². The number of rotatable bonds is 5. The van der Waals surface area contributed by atoms with Crippen molar-refractivity contribution in [3.63, 3.8) is 0 Å². The van der Waals surface area contributed by atoms with E-state index in [4.69, 9.17) is 0 Å². The Morgan fingerprint density at radius 1 is 1.36 bits per heavy atom. The molecule has 0 aliphatic carbocycles. The van der Waals surface area contributed by atoms with Crippen molar-refractivity contribution >= 4 is 23.2 Å². The number of carbonyl (C=O) groups excluding carboxylic acids is 2. The van der Waals surface area contributed by atoms with Crippen molar-refractivity contribution in [1.82, 2.24) is 35.4 Å². The maximum absolute atomic E-state index is 12.3. The van der Waals surface area contributed by atoms with E-state index in [0.29, 0.717) is 37.7 Å². The minimum Gasteiger partial charge on any atom is -0.345 e. The molecule has 2 amide bonds. The zero-order valence-electron chi connectivity index (χ0n) is 14.3. The highest BCUT2D eigenvalue weighted by atomic mass is 32.1. The number of likely N-dealkylation sites (N-methyl/N-ethyl adjacent to an activating group) is 1. The molecule has 0 atom stereocenters. The van der Waals surface area contributed by atoms with Gasteiger partial charge >= 0.3 is 0 Å². The molecule has 0 unspecified atom stereocenters. The van der Waals surface area contributed by atoms with Crippen molar-refractivity contribution in [3.8, 4) is 0 Å². The zero-order chi connectivity index (χ0) is 17.8. The second kappa shape index (κ2) is 7.68. The van der Waals surface area contributed by atoms with Crippen molar-refractivity contribution in [2.45, 2.75) is 26.2 Å². The standard InChI is InChI=1S/C15H21N7O2S/c1-10-17-19-13(25-10)7-14(23)21(2)9-11-3-5-22(6-4-11)15(24)12-8-16-20-18-12/h8,11H,3-7,9H2,1-2H3,(H,16,18,20). The number of hydrogen-bond donors (Lipinski definition) is 1. The van der Waals surface area contributed by atoms with Gasteiger partial charge in [-0.25, -0.2) is 0 Å². The molecule has 1 N–H and O–H groups in total. The number of H-pyrrole nitrogens is 1. The number of aromatic amines is 1. The van der Waals surface area contributed by atoms with Crippen LogP contribution in [0.1, 0.15) is 33.3 Å². The third kappa shape index (κ3) is 4.38. The van der Waals surface area contributed by atoms with E-state index >= 15 is 0 Å². The Morgan fingerprint density at radius 3 is 2.72 bits per heavy atom. The lowest BCUT2D eigenvalue weighted by Crippen LogP contribution is -2.42. The first-order chi connectivity index (χ1) is 12.0. The molecule has 1 aliphatic rings. The number of nitrogens with one attached hydrogen (secondary N) is 1. The molecule has 2 aromatic rings. The fraction of sp³-hybridized carbons (Fsp3) is 0.600. The number of amides is 2. The van der Waals surface area contributed by atoms with Crippen LogP contribution in [0.5, 0.6) is 0 Å². The summed E-state index contributed by atoms with van der Waals surface area (Å²) in [6.45, 7) is 3.92. The number of aromatic nitrogens is 5. The SMILES string of the molecule is Cc1nnc(CC(=O)N(C)CC2CCN(C(=O)c3cn[nH]n3)CC2)s1. The van der Waals surface area contributed by atoms with Gasteiger partial charge in [0.25, 0.3) is 5.91 Å². The predicted octanol–water partition coefficient (Wildman–Crippen LogP) is 0.518. The van der Waals surface area contributed by atoms with Gasteiger partial charge in [-0.05, 0) is 25.7 Å². The summed E-state index contributed by atoms with van der Waals surface area (Å²) < 4.78 is 0. The predicted molar refractivity (Wildman–Crippen MR) is 91.0 cm³/mol. The van der Waals surface area contributed by atoms with Gasteiger partial charge in [0, 0.05) is 26.7 Å². The Labute approximate surface area is 149 Å². The fourth-order valence-corrected chi connectivity index (χ4v) is 3.65. The third-order valence-electron chi connectivity index (χ3n) is 4.36. The normalized spacial score (nSPS) is 15.4. The average molecular weight is 363 g/mol. The molecule has 0 aromatic carbocycles. The van der Waals surface area contributed by atoms with Crippen molar-refractivity contribution in [2.75, 3.05) is 26.7 Å². The number of nitrogens with zero attached hydrogens (tertiary/aromatic N) is 6. The molecular weight excluding hydrogens is 342 g/mol. The lowest BCUT2D eigenvalue weighted by Gasteiger charge is -2.33. The number of hydrogen-bond acceptors (Lipinski definition) is 7. The fourth-order valence-electron chi connectivity index (χ4n) is 2.95.